The van der Waals surface area contributed by atoms with Gasteiger partial charge in [-0.25, -0.2) is 15.0 Å². The van der Waals surface area contributed by atoms with Crippen molar-refractivity contribution in [2.45, 2.75) is 32.1 Å². The lowest BCUT2D eigenvalue weighted by molar-refractivity contribution is -0.138. The van der Waals surface area contributed by atoms with E-state index in [1.165, 1.54) is 20.8 Å². The van der Waals surface area contributed by atoms with Crippen molar-refractivity contribution in [3.8, 4) is 0 Å². The summed E-state index contributed by atoms with van der Waals surface area (Å²) in [6, 6.07) is 0. The molecule has 2 aliphatic heterocycles. The number of rotatable bonds is 2. The van der Waals surface area contributed by atoms with Crippen LogP contribution in [0.4, 0.5) is 0 Å². The van der Waals surface area contributed by atoms with Crippen molar-refractivity contribution in [1.82, 2.24) is 4.90 Å². The van der Waals surface area contributed by atoms with Gasteiger partial charge in [-0.3, -0.25) is 25.0 Å². The summed E-state index contributed by atoms with van der Waals surface area (Å²) in [5, 5.41) is -0.285. The lowest BCUT2D eigenvalue weighted by atomic mass is 9.91. The normalized spacial score (nSPS) is 31.6. The number of carbonyl (C=O) groups excluding carboxylic acids is 3. The predicted molar refractivity (Wildman–Crippen MR) is 72.7 cm³/mol. The van der Waals surface area contributed by atoms with Crippen LogP contribution in [-0.2, 0) is 14.4 Å². The smallest absolute Gasteiger partial charge is 0.253 e. The molecule has 0 fully saturated rings. The maximum atomic E-state index is 11.9. The number of halogens is 1. The van der Waals surface area contributed by atoms with Crippen LogP contribution in [0.15, 0.2) is 15.0 Å². The zero-order valence-electron chi connectivity index (χ0n) is 11.0. The van der Waals surface area contributed by atoms with E-state index in [1.54, 1.807) is 0 Å². The number of nitrogens with two attached hydrogens (primary N) is 1. The van der Waals surface area contributed by atoms with Gasteiger partial charge in [0.25, 0.3) is 5.79 Å². The Labute approximate surface area is 119 Å². The molecule has 8 nitrogen and oxygen atoms in total. The summed E-state index contributed by atoms with van der Waals surface area (Å²) in [6.45, 7) is 3.59. The summed E-state index contributed by atoms with van der Waals surface area (Å²) in [7, 11) is 0. The molecule has 0 bridgehead atoms. The average molecular weight is 298 g/mol. The molecule has 0 aromatic carbocycles. The molecule has 2 rings (SSSR count). The standard InChI is InChI=1S/C11H12ClN5O3/c1-5(18)10-8(12)16-11(13,6(2)19)17(7(3)20)9(10)14-4-15-10/h4H,13H2,1-3H3. The quantitative estimate of drug-likeness (QED) is 0.736. The number of ketones is 2. The second-order valence-corrected chi connectivity index (χ2v) is 4.86. The topological polar surface area (TPSA) is 118 Å². The number of amides is 1. The minimum Gasteiger partial charge on any atom is -0.296 e. The van der Waals surface area contributed by atoms with E-state index in [0.717, 1.165) is 11.2 Å². The van der Waals surface area contributed by atoms with Crippen molar-refractivity contribution in [2.24, 2.45) is 20.7 Å². The zero-order valence-corrected chi connectivity index (χ0v) is 11.8. The number of nitrogens with zero attached hydrogens (tertiary/aromatic N) is 4. The third-order valence-corrected chi connectivity index (χ3v) is 3.58. The molecular formula is C11H12ClN5O3. The molecular weight excluding hydrogens is 286 g/mol. The van der Waals surface area contributed by atoms with E-state index >= 15 is 0 Å². The van der Waals surface area contributed by atoms with Crippen LogP contribution in [0.1, 0.15) is 20.8 Å². The van der Waals surface area contributed by atoms with Crippen molar-refractivity contribution < 1.29 is 14.4 Å². The van der Waals surface area contributed by atoms with Crippen molar-refractivity contribution in [3.05, 3.63) is 0 Å². The van der Waals surface area contributed by atoms with Crippen LogP contribution >= 0.6 is 11.6 Å². The molecule has 2 heterocycles. The van der Waals surface area contributed by atoms with E-state index in [0.29, 0.717) is 0 Å². The second kappa shape index (κ2) is 4.29. The first-order valence-electron chi connectivity index (χ1n) is 5.67. The highest BCUT2D eigenvalue weighted by Gasteiger charge is 2.60. The van der Waals surface area contributed by atoms with Gasteiger partial charge in [-0.15, -0.1) is 0 Å². The van der Waals surface area contributed by atoms with Gasteiger partial charge in [0.1, 0.15) is 11.5 Å². The minimum atomic E-state index is -2.02. The van der Waals surface area contributed by atoms with Crippen molar-refractivity contribution in [1.29, 1.82) is 0 Å². The van der Waals surface area contributed by atoms with Crippen LogP contribution < -0.4 is 5.73 Å². The number of amidine groups is 1. The average Bonchev–Trinajstić information content (AvgIpc) is 2.73. The monoisotopic (exact) mass is 297 g/mol. The van der Waals surface area contributed by atoms with Gasteiger partial charge in [-0.05, 0) is 6.92 Å². The lowest BCUT2D eigenvalue weighted by Crippen LogP contribution is -2.72. The van der Waals surface area contributed by atoms with Gasteiger partial charge in [-0.2, -0.15) is 0 Å². The van der Waals surface area contributed by atoms with Gasteiger partial charge in [-0.1, -0.05) is 11.6 Å². The summed E-state index contributed by atoms with van der Waals surface area (Å²) >= 11 is 6.03. The van der Waals surface area contributed by atoms with Crippen LogP contribution in [-0.4, -0.2) is 51.0 Å². The molecule has 2 atom stereocenters. The number of aliphatic imine (C=N–C) groups is 3. The molecule has 0 radical (unpaired) electrons. The molecule has 9 heteroatoms. The van der Waals surface area contributed by atoms with Crippen LogP contribution in [0.2, 0.25) is 0 Å². The molecule has 106 valence electrons. The van der Waals surface area contributed by atoms with Gasteiger partial charge < -0.3 is 0 Å². The van der Waals surface area contributed by atoms with E-state index < -0.39 is 28.8 Å². The molecule has 2 unspecified atom stereocenters. The van der Waals surface area contributed by atoms with Gasteiger partial charge in [0.2, 0.25) is 11.4 Å². The van der Waals surface area contributed by atoms with Crippen molar-refractivity contribution in [3.63, 3.8) is 0 Å². The maximum absolute atomic E-state index is 11.9. The van der Waals surface area contributed by atoms with E-state index in [2.05, 4.69) is 15.0 Å². The van der Waals surface area contributed by atoms with Crippen molar-refractivity contribution in [2.75, 3.05) is 0 Å². The minimum absolute atomic E-state index is 0.102. The van der Waals surface area contributed by atoms with Gasteiger partial charge in [0.15, 0.2) is 17.4 Å². The van der Waals surface area contributed by atoms with Gasteiger partial charge in [0, 0.05) is 13.8 Å². The third-order valence-electron chi connectivity index (χ3n) is 3.22. The Morgan fingerprint density at radius 2 is 1.85 bits per heavy atom. The molecule has 0 aromatic heterocycles. The third kappa shape index (κ3) is 1.58. The Bertz CT molecular complexity index is 626. The summed E-state index contributed by atoms with van der Waals surface area (Å²) in [5.41, 5.74) is 4.20. The maximum Gasteiger partial charge on any atom is 0.253 e. The molecule has 20 heavy (non-hydrogen) atoms. The van der Waals surface area contributed by atoms with Gasteiger partial charge in [0.05, 0.1) is 0 Å². The molecule has 1 amide bonds. The number of carbonyl (C=O) groups is 3. The Morgan fingerprint density at radius 1 is 1.25 bits per heavy atom. The van der Waals surface area contributed by atoms with E-state index in [1.807, 2.05) is 0 Å². The largest absolute Gasteiger partial charge is 0.296 e. The number of fused-ring (bicyclic) bond motifs is 1. The highest BCUT2D eigenvalue weighted by molar-refractivity contribution is 6.73. The van der Waals surface area contributed by atoms with Crippen molar-refractivity contribution >= 4 is 46.4 Å². The lowest BCUT2D eigenvalue weighted by Gasteiger charge is -2.43. The first-order chi connectivity index (χ1) is 9.18. The fraction of sp³-hybridized carbons (Fsp3) is 0.455. The summed E-state index contributed by atoms with van der Waals surface area (Å²) in [4.78, 5) is 48.1. The predicted octanol–water partition coefficient (Wildman–Crippen LogP) is -0.545. The Morgan fingerprint density at radius 3 is 2.30 bits per heavy atom. The molecule has 0 aliphatic carbocycles. The molecule has 0 aromatic rings. The molecule has 0 saturated heterocycles. The fourth-order valence-corrected chi connectivity index (χ4v) is 2.54. The van der Waals surface area contributed by atoms with E-state index in [4.69, 9.17) is 17.3 Å². The zero-order chi connectivity index (χ0) is 15.3. The first kappa shape index (κ1) is 14.5. The van der Waals surface area contributed by atoms with Crippen LogP contribution in [0.5, 0.6) is 0 Å². The summed E-state index contributed by atoms with van der Waals surface area (Å²) in [6.07, 6.45) is 1.09. The number of Topliss-reactive ketones (excluding diaryl/α,β-unsaturated/α-hetero) is 2. The fourth-order valence-electron chi connectivity index (χ4n) is 2.15. The van der Waals surface area contributed by atoms with E-state index in [-0.39, 0.29) is 11.0 Å². The molecule has 2 N–H and O–H groups in total. The Hall–Kier alpha value is -1.93. The highest BCUT2D eigenvalue weighted by Crippen LogP contribution is 2.34. The summed E-state index contributed by atoms with van der Waals surface area (Å²) < 4.78 is 0. The Kier molecular flexibility index (Phi) is 3.10. The molecule has 0 saturated carbocycles. The SMILES string of the molecule is CC(=O)N1C2=NC=NC2(C(C)=O)C(Cl)=NC1(N)C(C)=O. The Balaban J connectivity index is 2.78. The number of hydrogen-bond donors (Lipinski definition) is 1. The molecule has 2 aliphatic rings. The first-order valence-corrected chi connectivity index (χ1v) is 6.05. The molecule has 0 spiro atoms. The summed E-state index contributed by atoms with van der Waals surface area (Å²) in [5.74, 6) is -3.80. The highest BCUT2D eigenvalue weighted by atomic mass is 35.5. The van der Waals surface area contributed by atoms with Crippen LogP contribution in [0.25, 0.3) is 0 Å². The second-order valence-electron chi connectivity index (χ2n) is 4.50. The van der Waals surface area contributed by atoms with Crippen LogP contribution in [0, 0.1) is 0 Å². The van der Waals surface area contributed by atoms with E-state index in [9.17, 15) is 14.4 Å². The van der Waals surface area contributed by atoms with Crippen LogP contribution in [0.3, 0.4) is 0 Å². The van der Waals surface area contributed by atoms with Gasteiger partial charge >= 0.3 is 0 Å². The number of hydrogen-bond acceptors (Lipinski definition) is 7.